The molecule has 1 aliphatic carbocycles. The molecule has 0 aromatic heterocycles. The standard InChI is InChI=1S/C21H24FN5O3S/c1-31(28,29)16-9-10-18(17(22)13-16)30-15-7-5-14(6-8-15)27-20(24)25-19(23)26-21(27)11-3-2-4-12-21/h5-10,13H,2-4,11-12H2,1H3,(H4,23,24,25,26). The zero-order chi connectivity index (χ0) is 22.2. The third kappa shape index (κ3) is 4.20. The Morgan fingerprint density at radius 2 is 1.74 bits per heavy atom. The molecule has 1 fully saturated rings. The van der Waals surface area contributed by atoms with E-state index in [1.807, 2.05) is 4.90 Å². The van der Waals surface area contributed by atoms with Gasteiger partial charge in [0, 0.05) is 11.9 Å². The van der Waals surface area contributed by atoms with Crippen molar-refractivity contribution in [1.82, 2.24) is 0 Å². The number of hydrogen-bond donors (Lipinski definition) is 2. The Balaban J connectivity index is 1.59. The fourth-order valence-electron chi connectivity index (χ4n) is 4.08. The first-order valence-corrected chi connectivity index (χ1v) is 11.8. The fraction of sp³-hybridized carbons (Fsp3) is 0.333. The number of aliphatic imine (C=N–C) groups is 2. The molecular weight excluding hydrogens is 421 g/mol. The van der Waals surface area contributed by atoms with Gasteiger partial charge in [0.25, 0.3) is 0 Å². The van der Waals surface area contributed by atoms with Gasteiger partial charge >= 0.3 is 0 Å². The van der Waals surface area contributed by atoms with E-state index < -0.39 is 21.3 Å². The number of nitrogens with zero attached hydrogens (tertiary/aromatic N) is 3. The highest BCUT2D eigenvalue weighted by molar-refractivity contribution is 7.90. The van der Waals surface area contributed by atoms with Crippen molar-refractivity contribution in [2.75, 3.05) is 11.2 Å². The number of rotatable bonds is 4. The van der Waals surface area contributed by atoms with E-state index in [2.05, 4.69) is 9.98 Å². The lowest BCUT2D eigenvalue weighted by atomic mass is 9.87. The zero-order valence-corrected chi connectivity index (χ0v) is 17.9. The second-order valence-electron chi connectivity index (χ2n) is 7.78. The second kappa shape index (κ2) is 7.84. The summed E-state index contributed by atoms with van der Waals surface area (Å²) in [5.41, 5.74) is 12.3. The first-order chi connectivity index (χ1) is 14.7. The van der Waals surface area contributed by atoms with Crippen molar-refractivity contribution in [3.05, 3.63) is 48.3 Å². The van der Waals surface area contributed by atoms with E-state index in [0.29, 0.717) is 5.75 Å². The van der Waals surface area contributed by atoms with Crippen molar-refractivity contribution >= 4 is 27.4 Å². The average Bonchev–Trinajstić information content (AvgIpc) is 2.70. The molecule has 1 saturated carbocycles. The Hall–Kier alpha value is -3.14. The Morgan fingerprint density at radius 3 is 2.35 bits per heavy atom. The summed E-state index contributed by atoms with van der Waals surface area (Å²) in [6, 6.07) is 10.5. The van der Waals surface area contributed by atoms with Crippen LogP contribution in [0.4, 0.5) is 10.1 Å². The fourth-order valence-corrected chi connectivity index (χ4v) is 4.71. The maximum absolute atomic E-state index is 14.3. The molecule has 0 amide bonds. The molecular formula is C21H24FN5O3S. The van der Waals surface area contributed by atoms with Gasteiger partial charge in [-0.3, -0.25) is 4.90 Å². The summed E-state index contributed by atoms with van der Waals surface area (Å²) in [5, 5.41) is 0. The monoisotopic (exact) mass is 445 g/mol. The van der Waals surface area contributed by atoms with Crippen LogP contribution in [0.1, 0.15) is 32.1 Å². The van der Waals surface area contributed by atoms with E-state index in [0.717, 1.165) is 50.1 Å². The molecule has 2 aromatic rings. The van der Waals surface area contributed by atoms with Crippen molar-refractivity contribution < 1.29 is 17.5 Å². The van der Waals surface area contributed by atoms with Crippen LogP contribution in [0.15, 0.2) is 57.3 Å². The van der Waals surface area contributed by atoms with Crippen LogP contribution >= 0.6 is 0 Å². The summed E-state index contributed by atoms with van der Waals surface area (Å²) in [5.74, 6) is 0.0304. The third-order valence-corrected chi connectivity index (χ3v) is 6.62. The van der Waals surface area contributed by atoms with Gasteiger partial charge in [0.15, 0.2) is 21.4 Å². The molecule has 1 spiro atoms. The van der Waals surface area contributed by atoms with Gasteiger partial charge in [0.05, 0.1) is 4.90 Å². The van der Waals surface area contributed by atoms with E-state index in [4.69, 9.17) is 16.2 Å². The lowest BCUT2D eigenvalue weighted by molar-refractivity contribution is 0.305. The highest BCUT2D eigenvalue weighted by atomic mass is 32.2. The molecule has 0 radical (unpaired) electrons. The van der Waals surface area contributed by atoms with Gasteiger partial charge < -0.3 is 16.2 Å². The lowest BCUT2D eigenvalue weighted by Crippen LogP contribution is -2.58. The van der Waals surface area contributed by atoms with E-state index in [9.17, 15) is 12.8 Å². The number of benzene rings is 2. The first-order valence-electron chi connectivity index (χ1n) is 9.95. The number of guanidine groups is 2. The topological polar surface area (TPSA) is 123 Å². The van der Waals surface area contributed by atoms with Crippen LogP contribution in [0.3, 0.4) is 0 Å². The quantitative estimate of drug-likeness (QED) is 0.745. The molecule has 0 unspecified atom stereocenters. The number of nitrogens with two attached hydrogens (primary N) is 2. The van der Waals surface area contributed by atoms with Gasteiger partial charge in [0.1, 0.15) is 11.4 Å². The summed E-state index contributed by atoms with van der Waals surface area (Å²) in [7, 11) is -3.50. The maximum Gasteiger partial charge on any atom is 0.220 e. The van der Waals surface area contributed by atoms with Crippen LogP contribution in [-0.4, -0.2) is 32.3 Å². The molecule has 1 aliphatic heterocycles. The summed E-state index contributed by atoms with van der Waals surface area (Å²) >= 11 is 0. The van der Waals surface area contributed by atoms with Gasteiger partial charge in [0.2, 0.25) is 11.9 Å². The van der Waals surface area contributed by atoms with E-state index in [-0.39, 0.29) is 22.6 Å². The normalized spacial score (nSPS) is 18.5. The van der Waals surface area contributed by atoms with E-state index >= 15 is 0 Å². The van der Waals surface area contributed by atoms with Gasteiger partial charge in [-0.05, 0) is 68.1 Å². The van der Waals surface area contributed by atoms with Crippen LogP contribution in [0.25, 0.3) is 0 Å². The highest BCUT2D eigenvalue weighted by Crippen LogP contribution is 2.40. The Morgan fingerprint density at radius 1 is 1.06 bits per heavy atom. The van der Waals surface area contributed by atoms with Crippen molar-refractivity contribution in [1.29, 1.82) is 0 Å². The predicted octanol–water partition coefficient (Wildman–Crippen LogP) is 3.13. The maximum atomic E-state index is 14.3. The molecule has 2 aliphatic rings. The molecule has 2 aromatic carbocycles. The molecule has 0 bridgehead atoms. The van der Waals surface area contributed by atoms with Gasteiger partial charge in [-0.15, -0.1) is 0 Å². The number of hydrogen-bond acceptors (Lipinski definition) is 8. The average molecular weight is 446 g/mol. The highest BCUT2D eigenvalue weighted by Gasteiger charge is 2.42. The minimum atomic E-state index is -3.50. The summed E-state index contributed by atoms with van der Waals surface area (Å²) in [6.45, 7) is 0. The van der Waals surface area contributed by atoms with Gasteiger partial charge in [-0.25, -0.2) is 17.8 Å². The molecule has 164 valence electrons. The smallest absolute Gasteiger partial charge is 0.220 e. The number of anilines is 1. The third-order valence-electron chi connectivity index (χ3n) is 5.51. The van der Waals surface area contributed by atoms with Crippen LogP contribution in [0.5, 0.6) is 11.5 Å². The molecule has 0 atom stereocenters. The van der Waals surface area contributed by atoms with Gasteiger partial charge in [-0.1, -0.05) is 6.42 Å². The molecule has 8 nitrogen and oxygen atoms in total. The minimum absolute atomic E-state index is 0.0691. The molecule has 31 heavy (non-hydrogen) atoms. The molecule has 0 saturated heterocycles. The summed E-state index contributed by atoms with van der Waals surface area (Å²) in [4.78, 5) is 10.6. The van der Waals surface area contributed by atoms with E-state index in [1.165, 1.54) is 12.1 Å². The van der Waals surface area contributed by atoms with Crippen molar-refractivity contribution in [2.45, 2.75) is 42.7 Å². The van der Waals surface area contributed by atoms with Crippen molar-refractivity contribution in [3.8, 4) is 11.5 Å². The largest absolute Gasteiger partial charge is 0.454 e. The number of halogens is 1. The van der Waals surface area contributed by atoms with Crippen molar-refractivity contribution in [2.24, 2.45) is 21.5 Å². The Kier molecular flexibility index (Phi) is 5.34. The number of sulfone groups is 1. The molecule has 1 heterocycles. The lowest BCUT2D eigenvalue weighted by Gasteiger charge is -2.45. The van der Waals surface area contributed by atoms with E-state index in [1.54, 1.807) is 24.3 Å². The van der Waals surface area contributed by atoms with Crippen LogP contribution in [-0.2, 0) is 9.84 Å². The van der Waals surface area contributed by atoms with Crippen LogP contribution < -0.4 is 21.1 Å². The summed E-state index contributed by atoms with van der Waals surface area (Å²) < 4.78 is 43.0. The Bertz CT molecular complexity index is 1160. The van der Waals surface area contributed by atoms with Crippen LogP contribution in [0, 0.1) is 5.82 Å². The van der Waals surface area contributed by atoms with Gasteiger partial charge in [-0.2, -0.15) is 4.99 Å². The minimum Gasteiger partial charge on any atom is -0.454 e. The zero-order valence-electron chi connectivity index (χ0n) is 17.1. The predicted molar refractivity (Wildman–Crippen MR) is 118 cm³/mol. The summed E-state index contributed by atoms with van der Waals surface area (Å²) in [6.07, 6.45) is 5.83. The molecule has 10 heteroatoms. The number of ether oxygens (including phenoxy) is 1. The first kappa shape index (κ1) is 21.1. The molecule has 4 N–H and O–H groups in total. The Labute approximate surface area is 180 Å². The second-order valence-corrected chi connectivity index (χ2v) is 9.79. The SMILES string of the molecule is CS(=O)(=O)c1ccc(Oc2ccc(N3C(N)=NC(N)=NC34CCCCC4)cc2)c(F)c1. The van der Waals surface area contributed by atoms with Crippen LogP contribution in [0.2, 0.25) is 0 Å². The molecule has 4 rings (SSSR count). The van der Waals surface area contributed by atoms with Crippen molar-refractivity contribution in [3.63, 3.8) is 0 Å².